The van der Waals surface area contributed by atoms with Gasteiger partial charge in [-0.1, -0.05) is 30.3 Å². The normalized spacial score (nSPS) is 21.4. The monoisotopic (exact) mass is 396 g/mol. The lowest BCUT2D eigenvalue weighted by Crippen LogP contribution is -2.49. The highest BCUT2D eigenvalue weighted by molar-refractivity contribution is 5.98. The summed E-state index contributed by atoms with van der Waals surface area (Å²) in [4.78, 5) is 29.9. The summed E-state index contributed by atoms with van der Waals surface area (Å²) in [5.74, 6) is -0.682. The predicted octanol–water partition coefficient (Wildman–Crippen LogP) is 3.34. The standard InChI is InChI=1S/C23H25FN2O3/c1-29-15-14-26-21(27)11-10-19(22(26)17-6-8-18(24)9-7-17)23(28)25-13-12-16-4-2-3-5-20(16)25/h2-9,19,22H,10-15H2,1H3/t19-,22+/m1/s1. The first-order chi connectivity index (χ1) is 14.1. The lowest BCUT2D eigenvalue weighted by Gasteiger charge is -2.42. The number of hydrogen-bond acceptors (Lipinski definition) is 3. The minimum Gasteiger partial charge on any atom is -0.383 e. The van der Waals surface area contributed by atoms with Crippen molar-refractivity contribution in [1.82, 2.24) is 4.90 Å². The fourth-order valence-corrected chi connectivity index (χ4v) is 4.50. The Bertz CT molecular complexity index is 899. The van der Waals surface area contributed by atoms with Gasteiger partial charge in [0.25, 0.3) is 0 Å². The molecule has 1 saturated heterocycles. The number of nitrogens with zero attached hydrogens (tertiary/aromatic N) is 2. The summed E-state index contributed by atoms with van der Waals surface area (Å²) < 4.78 is 18.7. The summed E-state index contributed by atoms with van der Waals surface area (Å²) in [5, 5.41) is 0. The van der Waals surface area contributed by atoms with Crippen LogP contribution in [0, 0.1) is 11.7 Å². The Kier molecular flexibility index (Phi) is 5.62. The second-order valence-electron chi connectivity index (χ2n) is 7.59. The molecule has 2 aromatic carbocycles. The van der Waals surface area contributed by atoms with Crippen molar-refractivity contribution in [3.63, 3.8) is 0 Å². The summed E-state index contributed by atoms with van der Waals surface area (Å²) in [6.45, 7) is 1.44. The molecular weight excluding hydrogens is 371 g/mol. The number of benzene rings is 2. The zero-order valence-corrected chi connectivity index (χ0v) is 16.5. The number of hydrogen-bond donors (Lipinski definition) is 0. The summed E-state index contributed by atoms with van der Waals surface area (Å²) in [6, 6.07) is 13.7. The number of rotatable bonds is 5. The smallest absolute Gasteiger partial charge is 0.232 e. The van der Waals surface area contributed by atoms with Crippen LogP contribution in [-0.4, -0.2) is 43.5 Å². The Labute approximate surface area is 170 Å². The van der Waals surface area contributed by atoms with Gasteiger partial charge in [-0.2, -0.15) is 0 Å². The van der Waals surface area contributed by atoms with Crippen LogP contribution in [0.2, 0.25) is 0 Å². The van der Waals surface area contributed by atoms with Gasteiger partial charge in [0.1, 0.15) is 5.82 Å². The van der Waals surface area contributed by atoms with E-state index in [0.29, 0.717) is 32.5 Å². The molecule has 0 saturated carbocycles. The van der Waals surface area contributed by atoms with Crippen LogP contribution >= 0.6 is 0 Å². The number of carbonyl (C=O) groups is 2. The van der Waals surface area contributed by atoms with Crippen molar-refractivity contribution in [3.8, 4) is 0 Å². The summed E-state index contributed by atoms with van der Waals surface area (Å²) in [7, 11) is 1.59. The summed E-state index contributed by atoms with van der Waals surface area (Å²) in [5.41, 5.74) is 2.90. The van der Waals surface area contributed by atoms with E-state index >= 15 is 0 Å². The molecular formula is C23H25FN2O3. The van der Waals surface area contributed by atoms with Gasteiger partial charge < -0.3 is 14.5 Å². The van der Waals surface area contributed by atoms with Crippen molar-refractivity contribution < 1.29 is 18.7 Å². The van der Waals surface area contributed by atoms with Gasteiger partial charge in [0.15, 0.2) is 0 Å². The van der Waals surface area contributed by atoms with Crippen molar-refractivity contribution in [2.45, 2.75) is 25.3 Å². The average Bonchev–Trinajstić information content (AvgIpc) is 3.17. The lowest BCUT2D eigenvalue weighted by molar-refractivity contribution is -0.143. The van der Waals surface area contributed by atoms with Gasteiger partial charge in [0.05, 0.1) is 18.6 Å². The van der Waals surface area contributed by atoms with E-state index in [1.165, 1.54) is 17.7 Å². The van der Waals surface area contributed by atoms with Crippen LogP contribution in [0.4, 0.5) is 10.1 Å². The van der Waals surface area contributed by atoms with Gasteiger partial charge in [-0.15, -0.1) is 0 Å². The van der Waals surface area contributed by atoms with Crippen LogP contribution in [0.1, 0.15) is 30.0 Å². The summed E-state index contributed by atoms with van der Waals surface area (Å²) >= 11 is 0. The molecule has 2 atom stereocenters. The van der Waals surface area contributed by atoms with Gasteiger partial charge in [0, 0.05) is 32.3 Å². The molecule has 4 rings (SSSR count). The quantitative estimate of drug-likeness (QED) is 0.779. The van der Waals surface area contributed by atoms with E-state index in [-0.39, 0.29) is 23.5 Å². The van der Waals surface area contributed by atoms with E-state index in [2.05, 4.69) is 6.07 Å². The maximum atomic E-state index is 13.6. The van der Waals surface area contributed by atoms with Crippen molar-refractivity contribution >= 4 is 17.5 Å². The Balaban J connectivity index is 1.69. The number of fused-ring (bicyclic) bond motifs is 1. The minimum atomic E-state index is -0.424. The van der Waals surface area contributed by atoms with E-state index in [4.69, 9.17) is 4.74 Å². The topological polar surface area (TPSA) is 49.9 Å². The maximum Gasteiger partial charge on any atom is 0.232 e. The maximum absolute atomic E-state index is 13.6. The third-order valence-corrected chi connectivity index (χ3v) is 5.92. The highest BCUT2D eigenvalue weighted by atomic mass is 19.1. The third kappa shape index (κ3) is 3.77. The Morgan fingerprint density at radius 1 is 1.14 bits per heavy atom. The number of ether oxygens (including phenoxy) is 1. The van der Waals surface area contributed by atoms with Crippen molar-refractivity contribution in [1.29, 1.82) is 0 Å². The van der Waals surface area contributed by atoms with Crippen LogP contribution in [0.15, 0.2) is 48.5 Å². The second kappa shape index (κ2) is 8.33. The fraction of sp³-hybridized carbons (Fsp3) is 0.391. The number of halogens is 1. The average molecular weight is 396 g/mol. The molecule has 2 amide bonds. The molecule has 0 aromatic heterocycles. The van der Waals surface area contributed by atoms with E-state index < -0.39 is 6.04 Å². The minimum absolute atomic E-state index is 0.00208. The van der Waals surface area contributed by atoms with Crippen molar-refractivity contribution in [2.75, 3.05) is 31.7 Å². The highest BCUT2D eigenvalue weighted by Gasteiger charge is 2.43. The number of para-hydroxylation sites is 1. The van der Waals surface area contributed by atoms with Crippen LogP contribution in [0.5, 0.6) is 0 Å². The molecule has 0 unspecified atom stereocenters. The second-order valence-corrected chi connectivity index (χ2v) is 7.59. The third-order valence-electron chi connectivity index (χ3n) is 5.92. The zero-order valence-electron chi connectivity index (χ0n) is 16.5. The van der Waals surface area contributed by atoms with E-state index in [0.717, 1.165) is 17.7 Å². The van der Waals surface area contributed by atoms with E-state index in [1.54, 1.807) is 24.1 Å². The van der Waals surface area contributed by atoms with E-state index in [1.807, 2.05) is 23.1 Å². The largest absolute Gasteiger partial charge is 0.383 e. The lowest BCUT2D eigenvalue weighted by atomic mass is 9.83. The van der Waals surface area contributed by atoms with Gasteiger partial charge in [-0.05, 0) is 42.2 Å². The Morgan fingerprint density at radius 2 is 1.90 bits per heavy atom. The highest BCUT2D eigenvalue weighted by Crippen LogP contribution is 2.40. The fourth-order valence-electron chi connectivity index (χ4n) is 4.50. The number of piperidine rings is 1. The number of carbonyl (C=O) groups excluding carboxylic acids is 2. The molecule has 0 radical (unpaired) electrons. The van der Waals surface area contributed by atoms with Gasteiger partial charge in [-0.3, -0.25) is 9.59 Å². The molecule has 2 aromatic rings. The van der Waals surface area contributed by atoms with E-state index in [9.17, 15) is 14.0 Å². The SMILES string of the molecule is COCCN1C(=O)CC[C@@H](C(=O)N2CCc3ccccc32)[C@@H]1c1ccc(F)cc1. The van der Waals surface area contributed by atoms with Crippen LogP contribution in [0.25, 0.3) is 0 Å². The molecule has 0 N–H and O–H groups in total. The number of amides is 2. The van der Waals surface area contributed by atoms with Crippen molar-refractivity contribution in [3.05, 3.63) is 65.5 Å². The van der Waals surface area contributed by atoms with Gasteiger partial charge in [-0.25, -0.2) is 4.39 Å². The van der Waals surface area contributed by atoms with Gasteiger partial charge in [0.2, 0.25) is 11.8 Å². The van der Waals surface area contributed by atoms with Crippen LogP contribution < -0.4 is 4.90 Å². The first kappa shape index (κ1) is 19.6. The number of methoxy groups -OCH3 is 1. The molecule has 2 aliphatic heterocycles. The molecule has 1 fully saturated rings. The molecule has 152 valence electrons. The number of anilines is 1. The van der Waals surface area contributed by atoms with Crippen molar-refractivity contribution in [2.24, 2.45) is 5.92 Å². The molecule has 2 aliphatic rings. The Hall–Kier alpha value is -2.73. The van der Waals surface area contributed by atoms with Crippen LogP contribution in [-0.2, 0) is 20.7 Å². The van der Waals surface area contributed by atoms with Crippen LogP contribution in [0.3, 0.4) is 0 Å². The first-order valence-corrected chi connectivity index (χ1v) is 10.0. The molecule has 0 aliphatic carbocycles. The molecule has 29 heavy (non-hydrogen) atoms. The molecule has 0 bridgehead atoms. The zero-order chi connectivity index (χ0) is 20.4. The Morgan fingerprint density at radius 3 is 2.66 bits per heavy atom. The summed E-state index contributed by atoms with van der Waals surface area (Å²) in [6.07, 6.45) is 1.65. The molecule has 5 nitrogen and oxygen atoms in total. The van der Waals surface area contributed by atoms with Gasteiger partial charge >= 0.3 is 0 Å². The predicted molar refractivity (Wildman–Crippen MR) is 108 cm³/mol. The number of likely N-dealkylation sites (tertiary alicyclic amines) is 1. The molecule has 0 spiro atoms. The molecule has 2 heterocycles. The first-order valence-electron chi connectivity index (χ1n) is 10.0. The molecule has 6 heteroatoms.